The third-order valence-electron chi connectivity index (χ3n) is 6.64. The lowest BCUT2D eigenvalue weighted by Crippen LogP contribution is -2.41. The second-order valence-electron chi connectivity index (χ2n) is 10.0. The number of pyridine rings is 1. The monoisotopic (exact) mass is 467 g/mol. The zero-order valence-corrected chi connectivity index (χ0v) is 22.6. The van der Waals surface area contributed by atoms with E-state index in [-0.39, 0.29) is 0 Å². The Morgan fingerprint density at radius 1 is 0.743 bits per heavy atom. The van der Waals surface area contributed by atoms with E-state index in [1.807, 2.05) is 0 Å². The molecule has 2 aromatic carbocycles. The second-order valence-corrected chi connectivity index (χ2v) is 10.0. The highest BCUT2D eigenvalue weighted by Gasteiger charge is 2.16. The fourth-order valence-corrected chi connectivity index (χ4v) is 4.28. The Labute approximate surface area is 213 Å². The van der Waals surface area contributed by atoms with Crippen LogP contribution in [0.25, 0.3) is 24.3 Å². The fourth-order valence-electron chi connectivity index (χ4n) is 4.28. The molecule has 0 saturated heterocycles. The maximum atomic E-state index is 2.49. The van der Waals surface area contributed by atoms with Gasteiger partial charge in [0.15, 0.2) is 0 Å². The highest BCUT2D eigenvalue weighted by atomic mass is 15.1. The molecule has 0 saturated carbocycles. The molecule has 0 spiro atoms. The van der Waals surface area contributed by atoms with Gasteiger partial charge in [0.1, 0.15) is 6.54 Å². The van der Waals surface area contributed by atoms with E-state index in [9.17, 15) is 0 Å². The predicted molar refractivity (Wildman–Crippen MR) is 155 cm³/mol. The van der Waals surface area contributed by atoms with E-state index in [1.54, 1.807) is 0 Å². The van der Waals surface area contributed by atoms with Gasteiger partial charge in [0.25, 0.3) is 0 Å². The van der Waals surface area contributed by atoms with E-state index in [0.717, 1.165) is 6.54 Å². The number of benzene rings is 2. The maximum Gasteiger partial charge on any atom is 0.208 e. The summed E-state index contributed by atoms with van der Waals surface area (Å²) >= 11 is 0. The molecule has 2 nitrogen and oxygen atoms in total. The van der Waals surface area contributed by atoms with Gasteiger partial charge in [-0.3, -0.25) is 0 Å². The van der Waals surface area contributed by atoms with Crippen LogP contribution in [-0.4, -0.2) is 14.1 Å². The molecule has 0 amide bonds. The van der Waals surface area contributed by atoms with Crippen molar-refractivity contribution in [2.45, 2.75) is 65.8 Å². The Balaban J connectivity index is 1.91. The van der Waals surface area contributed by atoms with Gasteiger partial charge in [-0.25, -0.2) is 0 Å². The van der Waals surface area contributed by atoms with Gasteiger partial charge in [-0.2, -0.15) is 4.57 Å². The van der Waals surface area contributed by atoms with Crippen LogP contribution >= 0.6 is 0 Å². The minimum atomic E-state index is 0.558. The summed E-state index contributed by atoms with van der Waals surface area (Å²) in [6.07, 6.45) is 14.1. The van der Waals surface area contributed by atoms with Crippen molar-refractivity contribution in [3.05, 3.63) is 94.3 Å². The summed E-state index contributed by atoms with van der Waals surface area (Å²) in [6, 6.07) is 22.2. The lowest BCUT2D eigenvalue weighted by atomic mass is 10.0. The average molecular weight is 468 g/mol. The van der Waals surface area contributed by atoms with E-state index in [0.29, 0.717) is 5.92 Å². The molecule has 3 rings (SSSR count). The van der Waals surface area contributed by atoms with Crippen molar-refractivity contribution in [1.29, 1.82) is 0 Å². The van der Waals surface area contributed by atoms with E-state index >= 15 is 0 Å². The topological polar surface area (TPSA) is 7.12 Å². The summed E-state index contributed by atoms with van der Waals surface area (Å²) in [7, 11) is 4.15. The molecule has 0 bridgehead atoms. The van der Waals surface area contributed by atoms with Crippen LogP contribution in [0.3, 0.4) is 0 Å². The first-order valence-electron chi connectivity index (χ1n) is 13.2. The highest BCUT2D eigenvalue weighted by Crippen LogP contribution is 2.18. The van der Waals surface area contributed by atoms with Crippen LogP contribution in [-0.2, 0) is 6.54 Å². The van der Waals surface area contributed by atoms with Crippen LogP contribution in [0.15, 0.2) is 60.7 Å². The molecule has 1 aromatic heterocycles. The third-order valence-corrected chi connectivity index (χ3v) is 6.64. The number of anilines is 1. The quantitative estimate of drug-likeness (QED) is 0.203. The first-order chi connectivity index (χ1) is 16.9. The molecular weight excluding hydrogens is 424 g/mol. The van der Waals surface area contributed by atoms with Gasteiger partial charge < -0.3 is 4.90 Å². The summed E-state index contributed by atoms with van der Waals surface area (Å²) in [5, 5.41) is 0. The van der Waals surface area contributed by atoms with Crippen molar-refractivity contribution in [3.63, 3.8) is 0 Å². The third kappa shape index (κ3) is 7.68. The van der Waals surface area contributed by atoms with E-state index in [2.05, 4.69) is 136 Å². The van der Waals surface area contributed by atoms with Gasteiger partial charge in [-0.05, 0) is 66.3 Å². The number of aromatic nitrogens is 1. The molecule has 35 heavy (non-hydrogen) atoms. The number of rotatable bonds is 11. The smallest absolute Gasteiger partial charge is 0.208 e. The predicted octanol–water partition coefficient (Wildman–Crippen LogP) is 8.39. The maximum absolute atomic E-state index is 2.49. The highest BCUT2D eigenvalue weighted by molar-refractivity contribution is 5.70. The molecular formula is C33H43N2+. The number of hydrogen-bond donors (Lipinski definition) is 0. The van der Waals surface area contributed by atoms with E-state index in [1.165, 1.54) is 65.0 Å². The van der Waals surface area contributed by atoms with Crippen molar-refractivity contribution < 1.29 is 4.57 Å². The molecule has 0 aliphatic rings. The standard InChI is InChI=1S/C33H43N2/c1-7-8-9-10-25-35-32(23-16-29-14-21-31(22-15-29)34(5)6)20-11-27(4)33(35)24-17-28-12-18-30(19-13-28)26(2)3/h11-24,26H,7-10,25H2,1-6H3/q+1/b24-17+. The number of aryl methyl sites for hydroxylation is 1. The lowest BCUT2D eigenvalue weighted by molar-refractivity contribution is -0.700. The Hall–Kier alpha value is -3.13. The van der Waals surface area contributed by atoms with Crippen molar-refractivity contribution in [1.82, 2.24) is 0 Å². The van der Waals surface area contributed by atoms with Crippen LogP contribution in [0, 0.1) is 6.92 Å². The molecule has 1 heterocycles. The number of unbranched alkanes of at least 4 members (excludes halogenated alkanes) is 3. The van der Waals surface area contributed by atoms with Crippen LogP contribution in [0.2, 0.25) is 0 Å². The Kier molecular flexibility index (Phi) is 9.90. The Morgan fingerprint density at radius 2 is 1.37 bits per heavy atom. The molecule has 0 aliphatic heterocycles. The van der Waals surface area contributed by atoms with Crippen molar-refractivity contribution in [3.8, 4) is 0 Å². The minimum Gasteiger partial charge on any atom is -0.378 e. The summed E-state index contributed by atoms with van der Waals surface area (Å²) in [5.41, 5.74) is 8.91. The lowest BCUT2D eigenvalue weighted by Gasteiger charge is -2.11. The fraction of sp³-hybridized carbons (Fsp3) is 0.364. The minimum absolute atomic E-state index is 0.558. The van der Waals surface area contributed by atoms with Gasteiger partial charge in [0, 0.05) is 50.0 Å². The molecule has 3 aromatic rings. The first kappa shape index (κ1) is 26.5. The second kappa shape index (κ2) is 13.1. The van der Waals surface area contributed by atoms with Gasteiger partial charge in [0.05, 0.1) is 0 Å². The summed E-state index contributed by atoms with van der Waals surface area (Å²) in [5.74, 6) is 0.558. The largest absolute Gasteiger partial charge is 0.378 e. The SMILES string of the molecule is CCCCCC[n+]1c(/C=C/c2ccc(N(C)C)cc2)ccc(C)c1/C=C/c1ccc(C(C)C)cc1. The van der Waals surface area contributed by atoms with Gasteiger partial charge in [-0.1, -0.05) is 70.0 Å². The normalized spacial score (nSPS) is 11.7. The summed E-state index contributed by atoms with van der Waals surface area (Å²) in [6.45, 7) is 10.0. The molecule has 2 heteroatoms. The first-order valence-corrected chi connectivity index (χ1v) is 13.2. The zero-order chi connectivity index (χ0) is 25.2. The van der Waals surface area contributed by atoms with E-state index < -0.39 is 0 Å². The van der Waals surface area contributed by atoms with Crippen LogP contribution in [0.4, 0.5) is 5.69 Å². The molecule has 0 aliphatic carbocycles. The Bertz CT molecular complexity index is 1120. The van der Waals surface area contributed by atoms with Crippen molar-refractivity contribution in [2.24, 2.45) is 0 Å². The van der Waals surface area contributed by atoms with Gasteiger partial charge >= 0.3 is 0 Å². The molecule has 0 radical (unpaired) electrons. The molecule has 0 unspecified atom stereocenters. The molecule has 0 atom stereocenters. The summed E-state index contributed by atoms with van der Waals surface area (Å²) in [4.78, 5) is 2.13. The van der Waals surface area contributed by atoms with Crippen molar-refractivity contribution >= 4 is 30.0 Å². The van der Waals surface area contributed by atoms with Crippen molar-refractivity contribution in [2.75, 3.05) is 19.0 Å². The Morgan fingerprint density at radius 3 is 1.97 bits per heavy atom. The van der Waals surface area contributed by atoms with Crippen LogP contribution < -0.4 is 9.47 Å². The van der Waals surface area contributed by atoms with E-state index in [4.69, 9.17) is 0 Å². The van der Waals surface area contributed by atoms with Gasteiger partial charge in [0.2, 0.25) is 11.4 Å². The van der Waals surface area contributed by atoms with Crippen LogP contribution in [0.5, 0.6) is 0 Å². The number of hydrogen-bond acceptors (Lipinski definition) is 1. The van der Waals surface area contributed by atoms with Crippen LogP contribution in [0.1, 0.15) is 86.0 Å². The summed E-state index contributed by atoms with van der Waals surface area (Å²) < 4.78 is 2.49. The molecule has 0 fully saturated rings. The molecule has 184 valence electrons. The van der Waals surface area contributed by atoms with Gasteiger partial charge in [-0.15, -0.1) is 0 Å². The zero-order valence-electron chi connectivity index (χ0n) is 22.6. The average Bonchev–Trinajstić information content (AvgIpc) is 2.86. The number of nitrogens with zero attached hydrogens (tertiary/aromatic N) is 2. The molecule has 0 N–H and O–H groups in total.